The maximum atomic E-state index is 13.8. The monoisotopic (exact) mass is 607 g/mol. The van der Waals surface area contributed by atoms with Crippen LogP contribution >= 0.6 is 0 Å². The number of ether oxygens (including phenoxy) is 4. The van der Waals surface area contributed by atoms with Gasteiger partial charge in [0.05, 0.1) is 14.2 Å². The van der Waals surface area contributed by atoms with Crippen LogP contribution in [-0.2, 0) is 4.79 Å². The Bertz CT molecular complexity index is 1170. The van der Waals surface area contributed by atoms with Crippen molar-refractivity contribution in [1.29, 1.82) is 0 Å². The second kappa shape index (κ2) is 17.8. The van der Waals surface area contributed by atoms with E-state index in [2.05, 4.69) is 56.2 Å². The minimum absolute atomic E-state index is 0.0546. The van der Waals surface area contributed by atoms with E-state index in [1.54, 1.807) is 14.2 Å². The number of nitrogens with zero attached hydrogens (tertiary/aromatic N) is 3. The van der Waals surface area contributed by atoms with Gasteiger partial charge in [-0.25, -0.2) is 0 Å². The van der Waals surface area contributed by atoms with Gasteiger partial charge in [0.15, 0.2) is 28.8 Å². The van der Waals surface area contributed by atoms with Gasteiger partial charge in [0.1, 0.15) is 13.2 Å². The van der Waals surface area contributed by atoms with Crippen LogP contribution in [-0.4, -0.2) is 106 Å². The second-order valence-corrected chi connectivity index (χ2v) is 11.2. The predicted octanol–water partition coefficient (Wildman–Crippen LogP) is 5.91. The molecule has 1 heterocycles. The Labute approximate surface area is 265 Å². The van der Waals surface area contributed by atoms with Crippen molar-refractivity contribution < 1.29 is 23.7 Å². The number of methoxy groups -OCH3 is 2. The number of hydrogen-bond acceptors (Lipinski definition) is 8. The highest BCUT2D eigenvalue weighted by Gasteiger charge is 2.27. The van der Waals surface area contributed by atoms with Crippen LogP contribution in [0.15, 0.2) is 47.5 Å². The minimum Gasteiger partial charge on any atom is -0.493 e. The Kier molecular flexibility index (Phi) is 14.2. The van der Waals surface area contributed by atoms with Crippen LogP contribution in [0.4, 0.5) is 0 Å². The number of Topliss-reactive ketones (excluding diaryl/α,β-unsaturated/α-hetero) is 1. The lowest BCUT2D eigenvalue weighted by Crippen LogP contribution is -2.41. The third-order valence-electron chi connectivity index (χ3n) is 8.24. The first-order chi connectivity index (χ1) is 21.3. The van der Waals surface area contributed by atoms with E-state index in [1.165, 1.54) is 0 Å². The molecule has 0 atom stereocenters. The summed E-state index contributed by atoms with van der Waals surface area (Å²) < 4.78 is 23.4. The van der Waals surface area contributed by atoms with Gasteiger partial charge < -0.3 is 28.7 Å². The van der Waals surface area contributed by atoms with Gasteiger partial charge in [0, 0.05) is 43.4 Å². The van der Waals surface area contributed by atoms with Crippen LogP contribution in [0.3, 0.4) is 0 Å². The smallest absolute Gasteiger partial charge is 0.187 e. The van der Waals surface area contributed by atoms with Crippen LogP contribution in [0.25, 0.3) is 12.2 Å². The number of likely N-dealkylation sites (N-methyl/N-ethyl adjacent to an activating group) is 2. The average Bonchev–Trinajstić information content (AvgIpc) is 3.04. The van der Waals surface area contributed by atoms with Crippen molar-refractivity contribution in [3.63, 3.8) is 0 Å². The number of ketones is 1. The van der Waals surface area contributed by atoms with Gasteiger partial charge in [-0.1, -0.05) is 39.8 Å². The molecule has 44 heavy (non-hydrogen) atoms. The van der Waals surface area contributed by atoms with Gasteiger partial charge >= 0.3 is 0 Å². The zero-order valence-corrected chi connectivity index (χ0v) is 28.2. The summed E-state index contributed by atoms with van der Waals surface area (Å²) >= 11 is 0. The molecule has 0 amide bonds. The van der Waals surface area contributed by atoms with E-state index < -0.39 is 0 Å². The number of likely N-dealkylation sites (tertiary alicyclic amines) is 1. The van der Waals surface area contributed by atoms with Crippen molar-refractivity contribution in [3.05, 3.63) is 58.7 Å². The molecule has 0 spiro atoms. The molecule has 2 aromatic rings. The minimum atomic E-state index is 0.0546. The average molecular weight is 608 g/mol. The molecule has 8 heteroatoms. The highest BCUT2D eigenvalue weighted by atomic mass is 16.5. The largest absolute Gasteiger partial charge is 0.493 e. The molecule has 2 aromatic carbocycles. The second-order valence-electron chi connectivity index (χ2n) is 11.2. The number of carbonyl (C=O) groups excluding carboxylic acids is 1. The SMILES string of the molecule is CCN(CC)CCOc1ccc(/C=C2\CN(C(C)C)C/C(=C\c3ccc(OCCN(CC)CC)c(OC)c3)C2=O)cc1OC. The molecule has 0 bridgehead atoms. The maximum absolute atomic E-state index is 13.8. The van der Waals surface area contributed by atoms with E-state index in [-0.39, 0.29) is 11.8 Å². The number of hydrogen-bond donors (Lipinski definition) is 0. The molecule has 0 radical (unpaired) electrons. The van der Waals surface area contributed by atoms with E-state index in [4.69, 9.17) is 18.9 Å². The van der Waals surface area contributed by atoms with Gasteiger partial charge in [0.25, 0.3) is 0 Å². The van der Waals surface area contributed by atoms with Gasteiger partial charge in [-0.15, -0.1) is 0 Å². The Hall–Kier alpha value is -3.33. The quantitative estimate of drug-likeness (QED) is 0.206. The first-order valence-corrected chi connectivity index (χ1v) is 16.0. The summed E-state index contributed by atoms with van der Waals surface area (Å²) in [6, 6.07) is 12.0. The molecule has 8 nitrogen and oxygen atoms in total. The first kappa shape index (κ1) is 35.2. The topological polar surface area (TPSA) is 63.7 Å². The molecule has 0 unspecified atom stereocenters. The zero-order valence-electron chi connectivity index (χ0n) is 28.2. The Morgan fingerprint density at radius 3 is 1.45 bits per heavy atom. The Morgan fingerprint density at radius 2 is 1.11 bits per heavy atom. The summed E-state index contributed by atoms with van der Waals surface area (Å²) in [5, 5.41) is 0. The lowest BCUT2D eigenvalue weighted by atomic mass is 9.93. The van der Waals surface area contributed by atoms with Gasteiger partial charge in [-0.2, -0.15) is 0 Å². The first-order valence-electron chi connectivity index (χ1n) is 16.0. The summed E-state index contributed by atoms with van der Waals surface area (Å²) in [5.41, 5.74) is 3.30. The fourth-order valence-electron chi connectivity index (χ4n) is 5.27. The van der Waals surface area contributed by atoms with Crippen LogP contribution < -0.4 is 18.9 Å². The van der Waals surface area contributed by atoms with Crippen LogP contribution in [0, 0.1) is 0 Å². The van der Waals surface area contributed by atoms with E-state index in [0.29, 0.717) is 49.3 Å². The summed E-state index contributed by atoms with van der Waals surface area (Å²) in [5.74, 6) is 2.78. The van der Waals surface area contributed by atoms with Gasteiger partial charge in [0.2, 0.25) is 0 Å². The third-order valence-corrected chi connectivity index (χ3v) is 8.24. The molecule has 3 rings (SSSR count). The van der Waals surface area contributed by atoms with Crippen molar-refractivity contribution in [2.75, 3.05) is 79.8 Å². The normalized spacial score (nSPS) is 16.0. The summed E-state index contributed by atoms with van der Waals surface area (Å²) in [6.07, 6.45) is 3.95. The fraction of sp³-hybridized carbons (Fsp3) is 0.528. The van der Waals surface area contributed by atoms with Crippen molar-refractivity contribution in [1.82, 2.24) is 14.7 Å². The van der Waals surface area contributed by atoms with Crippen molar-refractivity contribution in [2.24, 2.45) is 0 Å². The molecule has 1 fully saturated rings. The lowest BCUT2D eigenvalue weighted by molar-refractivity contribution is -0.113. The maximum Gasteiger partial charge on any atom is 0.187 e. The highest BCUT2D eigenvalue weighted by molar-refractivity contribution is 6.14. The predicted molar refractivity (Wildman–Crippen MR) is 180 cm³/mol. The molecular weight excluding hydrogens is 554 g/mol. The van der Waals surface area contributed by atoms with Crippen LogP contribution in [0.2, 0.25) is 0 Å². The molecule has 0 saturated carbocycles. The molecule has 1 aliphatic rings. The van der Waals surface area contributed by atoms with E-state index in [0.717, 1.165) is 61.5 Å². The van der Waals surface area contributed by atoms with Gasteiger partial charge in [-0.3, -0.25) is 9.69 Å². The Balaban J connectivity index is 1.82. The summed E-state index contributed by atoms with van der Waals surface area (Å²) in [7, 11) is 3.29. The van der Waals surface area contributed by atoms with E-state index >= 15 is 0 Å². The number of rotatable bonds is 17. The number of benzene rings is 2. The fourth-order valence-corrected chi connectivity index (χ4v) is 5.27. The Morgan fingerprint density at radius 1 is 0.705 bits per heavy atom. The van der Waals surface area contributed by atoms with Crippen molar-refractivity contribution in [2.45, 2.75) is 47.6 Å². The molecule has 1 saturated heterocycles. The molecule has 242 valence electrons. The van der Waals surface area contributed by atoms with E-state index in [9.17, 15) is 4.79 Å². The summed E-state index contributed by atoms with van der Waals surface area (Å²) in [4.78, 5) is 20.7. The molecule has 0 aromatic heterocycles. The highest BCUT2D eigenvalue weighted by Crippen LogP contribution is 2.32. The zero-order chi connectivity index (χ0) is 32.1. The van der Waals surface area contributed by atoms with Crippen LogP contribution in [0.5, 0.6) is 23.0 Å². The number of piperidine rings is 1. The van der Waals surface area contributed by atoms with Gasteiger partial charge in [-0.05, 0) is 87.6 Å². The third kappa shape index (κ3) is 9.84. The standard InChI is InChI=1S/C36H53N3O5/c1-9-37(10-2)17-19-43-32-15-13-28(23-34(32)41-7)21-30-25-39(27(5)6)26-31(36(30)40)22-29-14-16-33(35(24-29)42-8)44-20-18-38(11-3)12-4/h13-16,21-24,27H,9-12,17-20,25-26H2,1-8H3/b30-21+,31-22+. The molecular formula is C36H53N3O5. The lowest BCUT2D eigenvalue weighted by Gasteiger charge is -2.32. The van der Waals surface area contributed by atoms with Crippen molar-refractivity contribution >= 4 is 17.9 Å². The van der Waals surface area contributed by atoms with Crippen molar-refractivity contribution in [3.8, 4) is 23.0 Å². The molecule has 0 aliphatic carbocycles. The summed E-state index contributed by atoms with van der Waals surface area (Å²) in [6.45, 7) is 20.9. The van der Waals surface area contributed by atoms with E-state index in [1.807, 2.05) is 48.6 Å². The molecule has 0 N–H and O–H groups in total. The molecule has 1 aliphatic heterocycles. The number of carbonyl (C=O) groups is 1. The van der Waals surface area contributed by atoms with Crippen LogP contribution in [0.1, 0.15) is 52.7 Å².